The van der Waals surface area contributed by atoms with Gasteiger partial charge < -0.3 is 14.9 Å². The number of aliphatic hydroxyl groups is 1. The molecule has 0 aromatic heterocycles. The first-order valence-electron chi connectivity index (χ1n) is 8.91. The average molecular weight is 357 g/mol. The summed E-state index contributed by atoms with van der Waals surface area (Å²) >= 11 is 0. The van der Waals surface area contributed by atoms with Crippen LogP contribution in [-0.2, 0) is 11.2 Å². The lowest BCUT2D eigenvalue weighted by Gasteiger charge is -2.54. The maximum absolute atomic E-state index is 11.9. The quantitative estimate of drug-likeness (QED) is 0.819. The van der Waals surface area contributed by atoms with E-state index in [1.807, 2.05) is 25.2 Å². The van der Waals surface area contributed by atoms with Crippen molar-refractivity contribution >= 4 is 5.97 Å². The van der Waals surface area contributed by atoms with E-state index >= 15 is 0 Å². The van der Waals surface area contributed by atoms with Crippen LogP contribution in [0.1, 0.15) is 23.6 Å². The van der Waals surface area contributed by atoms with Crippen LogP contribution in [0.15, 0.2) is 18.2 Å². The monoisotopic (exact) mass is 357 g/mol. The summed E-state index contributed by atoms with van der Waals surface area (Å²) in [4.78, 5) is 16.0. The number of piperazine rings is 1. The summed E-state index contributed by atoms with van der Waals surface area (Å²) in [6.45, 7) is -0.136. The van der Waals surface area contributed by atoms with E-state index in [-0.39, 0.29) is 30.8 Å². The molecule has 7 heteroatoms. The van der Waals surface area contributed by atoms with Crippen LogP contribution >= 0.6 is 0 Å². The molecule has 0 aliphatic carbocycles. The van der Waals surface area contributed by atoms with Gasteiger partial charge in [0.25, 0.3) is 0 Å². The Bertz CT molecular complexity index is 777. The van der Waals surface area contributed by atoms with Crippen LogP contribution in [0.4, 0.5) is 0 Å². The Morgan fingerprint density at radius 1 is 1.42 bits per heavy atom. The highest BCUT2D eigenvalue weighted by Gasteiger charge is 2.59. The summed E-state index contributed by atoms with van der Waals surface area (Å²) in [5, 5.41) is 29.8. The number of aliphatic carboxylic acids is 1. The minimum absolute atomic E-state index is 0.124. The minimum atomic E-state index is -0.806. The van der Waals surface area contributed by atoms with E-state index in [1.54, 1.807) is 7.11 Å². The molecule has 0 amide bonds. The molecule has 138 valence electrons. The number of carboxylic acids is 1. The largest absolute Gasteiger partial charge is 0.496 e. The van der Waals surface area contributed by atoms with Crippen LogP contribution in [-0.4, -0.2) is 70.9 Å². The Morgan fingerprint density at radius 3 is 2.81 bits per heavy atom. The summed E-state index contributed by atoms with van der Waals surface area (Å²) < 4.78 is 5.52. The fourth-order valence-electron chi connectivity index (χ4n) is 5.48. The Morgan fingerprint density at radius 2 is 2.19 bits per heavy atom. The summed E-state index contributed by atoms with van der Waals surface area (Å²) in [6.07, 6.45) is 1.11. The van der Waals surface area contributed by atoms with Gasteiger partial charge in [-0.1, -0.05) is 12.1 Å². The predicted octanol–water partition coefficient (Wildman–Crippen LogP) is 0.635. The molecule has 6 atom stereocenters. The molecular formula is C19H23N3O4. The lowest BCUT2D eigenvalue weighted by atomic mass is 9.80. The molecule has 0 unspecified atom stereocenters. The third-order valence-corrected chi connectivity index (χ3v) is 6.48. The predicted molar refractivity (Wildman–Crippen MR) is 92.6 cm³/mol. The van der Waals surface area contributed by atoms with Crippen molar-refractivity contribution in [1.29, 1.82) is 5.26 Å². The van der Waals surface area contributed by atoms with Crippen molar-refractivity contribution in [2.45, 2.75) is 43.1 Å². The minimum Gasteiger partial charge on any atom is -0.496 e. The van der Waals surface area contributed by atoms with Gasteiger partial charge in [-0.15, -0.1) is 0 Å². The molecule has 7 nitrogen and oxygen atoms in total. The number of ether oxygens (including phenoxy) is 1. The van der Waals surface area contributed by atoms with E-state index < -0.39 is 17.9 Å². The van der Waals surface area contributed by atoms with E-state index in [0.29, 0.717) is 18.6 Å². The maximum Gasteiger partial charge on any atom is 0.308 e. The SMILES string of the molecule is COc1cccc2c1[C@H](CO)N1[C@H](C#N)[C@H]3C[C@@H](C(=O)O)[C@H]([C@@H]1C2)N3C. The van der Waals surface area contributed by atoms with Crippen molar-refractivity contribution < 1.29 is 19.7 Å². The van der Waals surface area contributed by atoms with Gasteiger partial charge in [-0.2, -0.15) is 5.26 Å². The number of benzene rings is 1. The number of aliphatic hydroxyl groups excluding tert-OH is 1. The normalized spacial score (nSPS) is 36.1. The number of nitriles is 1. The fraction of sp³-hybridized carbons (Fsp3) is 0.579. The van der Waals surface area contributed by atoms with Gasteiger partial charge in [0.15, 0.2) is 0 Å². The van der Waals surface area contributed by atoms with Gasteiger partial charge >= 0.3 is 5.97 Å². The molecule has 2 N–H and O–H groups in total. The molecule has 0 saturated carbocycles. The number of likely N-dealkylation sites (N-methyl/N-ethyl adjacent to an activating group) is 1. The molecule has 2 fully saturated rings. The molecule has 3 aliphatic heterocycles. The number of fused-ring (bicyclic) bond motifs is 5. The zero-order chi connectivity index (χ0) is 18.6. The Balaban J connectivity index is 1.87. The highest BCUT2D eigenvalue weighted by Crippen LogP contribution is 2.49. The van der Waals surface area contributed by atoms with Crippen LogP contribution < -0.4 is 4.74 Å². The zero-order valence-electron chi connectivity index (χ0n) is 14.9. The highest BCUT2D eigenvalue weighted by atomic mass is 16.5. The Labute approximate surface area is 152 Å². The Kier molecular flexibility index (Phi) is 4.14. The molecule has 0 spiro atoms. The van der Waals surface area contributed by atoms with Crippen LogP contribution in [0.3, 0.4) is 0 Å². The molecule has 3 heterocycles. The number of rotatable bonds is 3. The molecule has 2 saturated heterocycles. The van der Waals surface area contributed by atoms with E-state index in [0.717, 1.165) is 11.1 Å². The standard InChI is InChI=1S/C19H23N3O4/c1-21-12-7-11(19(24)25)18(21)13-6-10-4-3-5-16(26-2)17(10)15(9-23)22(13)14(12)8-20/h3-5,11-15,18,23H,6-7,9H2,1-2H3,(H,24,25)/t11-,12-,13+,14-,15+,18-/m1/s1. The van der Waals surface area contributed by atoms with Crippen molar-refractivity contribution in [3.63, 3.8) is 0 Å². The molecule has 4 rings (SSSR count). The first-order chi connectivity index (χ1) is 12.5. The number of methoxy groups -OCH3 is 1. The smallest absolute Gasteiger partial charge is 0.308 e. The summed E-state index contributed by atoms with van der Waals surface area (Å²) in [6, 6.07) is 6.93. The fourth-order valence-corrected chi connectivity index (χ4v) is 5.48. The lowest BCUT2D eigenvalue weighted by Crippen LogP contribution is -2.67. The van der Waals surface area contributed by atoms with Gasteiger partial charge in [0.2, 0.25) is 0 Å². The topological polar surface area (TPSA) is 97.0 Å². The number of carbonyl (C=O) groups is 1. The number of carboxylic acid groups (broad SMARTS) is 1. The van der Waals surface area contributed by atoms with Gasteiger partial charge in [0.05, 0.1) is 31.7 Å². The van der Waals surface area contributed by atoms with Crippen molar-refractivity contribution in [3.8, 4) is 11.8 Å². The van der Waals surface area contributed by atoms with Crippen LogP contribution in [0, 0.1) is 17.2 Å². The first kappa shape index (κ1) is 17.3. The number of nitrogens with zero attached hydrogens (tertiary/aromatic N) is 3. The first-order valence-corrected chi connectivity index (χ1v) is 8.91. The lowest BCUT2D eigenvalue weighted by molar-refractivity contribution is -0.144. The molecule has 2 bridgehead atoms. The average Bonchev–Trinajstić information content (AvgIpc) is 2.90. The molecule has 3 aliphatic rings. The van der Waals surface area contributed by atoms with Gasteiger partial charge in [-0.25, -0.2) is 0 Å². The highest BCUT2D eigenvalue weighted by molar-refractivity contribution is 5.72. The van der Waals surface area contributed by atoms with Crippen molar-refractivity contribution in [2.24, 2.45) is 5.92 Å². The maximum atomic E-state index is 11.9. The summed E-state index contributed by atoms with van der Waals surface area (Å²) in [5.74, 6) is -0.597. The second-order valence-corrected chi connectivity index (χ2v) is 7.43. The molecule has 0 radical (unpaired) electrons. The number of hydrogen-bond acceptors (Lipinski definition) is 6. The Hall–Kier alpha value is -2.14. The van der Waals surface area contributed by atoms with Crippen molar-refractivity contribution in [2.75, 3.05) is 20.8 Å². The molecule has 26 heavy (non-hydrogen) atoms. The second kappa shape index (κ2) is 6.23. The zero-order valence-corrected chi connectivity index (χ0v) is 14.9. The van der Waals surface area contributed by atoms with E-state index in [4.69, 9.17) is 4.74 Å². The van der Waals surface area contributed by atoms with E-state index in [2.05, 4.69) is 15.9 Å². The number of hydrogen-bond donors (Lipinski definition) is 2. The van der Waals surface area contributed by atoms with Crippen molar-refractivity contribution in [1.82, 2.24) is 9.80 Å². The van der Waals surface area contributed by atoms with Crippen molar-refractivity contribution in [3.05, 3.63) is 29.3 Å². The van der Waals surface area contributed by atoms with Gasteiger partial charge in [0.1, 0.15) is 11.8 Å². The molecule has 1 aromatic rings. The van der Waals surface area contributed by atoms with Crippen LogP contribution in [0.25, 0.3) is 0 Å². The van der Waals surface area contributed by atoms with Gasteiger partial charge in [-0.3, -0.25) is 14.6 Å². The van der Waals surface area contributed by atoms with Crippen LogP contribution in [0.2, 0.25) is 0 Å². The summed E-state index contributed by atoms with van der Waals surface area (Å²) in [7, 11) is 3.53. The van der Waals surface area contributed by atoms with Gasteiger partial charge in [-0.05, 0) is 31.5 Å². The molecule has 1 aromatic carbocycles. The summed E-state index contributed by atoms with van der Waals surface area (Å²) in [5.41, 5.74) is 1.98. The van der Waals surface area contributed by atoms with Crippen LogP contribution in [0.5, 0.6) is 5.75 Å². The third kappa shape index (κ3) is 2.19. The van der Waals surface area contributed by atoms with E-state index in [1.165, 1.54) is 0 Å². The third-order valence-electron chi connectivity index (χ3n) is 6.48. The molecular weight excluding hydrogens is 334 g/mol. The van der Waals surface area contributed by atoms with E-state index in [9.17, 15) is 20.3 Å². The second-order valence-electron chi connectivity index (χ2n) is 7.43. The van der Waals surface area contributed by atoms with Gasteiger partial charge in [0, 0.05) is 23.7 Å².